The fraction of sp³-hybridized carbons (Fsp3) is 0.585. The Hall–Kier alpha value is -3.01. The average Bonchev–Trinajstić information content (AvgIpc) is 3.07. The Bertz CT molecular complexity index is 1320. The molecule has 272 valence electrons. The molecule has 0 fully saturated rings. The van der Waals surface area contributed by atoms with Crippen LogP contribution in [0.3, 0.4) is 0 Å². The quantitative estimate of drug-likeness (QED) is 0.0794. The molecule has 2 aromatic rings. The summed E-state index contributed by atoms with van der Waals surface area (Å²) in [6.45, 7) is 3.82. The lowest BCUT2D eigenvalue weighted by molar-refractivity contribution is -0.137. The zero-order valence-corrected chi connectivity index (χ0v) is 29.7. The van der Waals surface area contributed by atoms with Crippen LogP contribution in [0.5, 0.6) is 5.75 Å². The van der Waals surface area contributed by atoms with Gasteiger partial charge in [0.25, 0.3) is 0 Å². The Labute approximate surface area is 293 Å². The van der Waals surface area contributed by atoms with Gasteiger partial charge in [-0.05, 0) is 104 Å². The molecular formula is C41H61NO7. The van der Waals surface area contributed by atoms with Gasteiger partial charge in [-0.1, -0.05) is 87.6 Å². The van der Waals surface area contributed by atoms with Gasteiger partial charge in [-0.15, -0.1) is 0 Å². The fourth-order valence-electron chi connectivity index (χ4n) is 7.07. The highest BCUT2D eigenvalue weighted by Crippen LogP contribution is 2.34. The third-order valence-corrected chi connectivity index (χ3v) is 9.80. The summed E-state index contributed by atoms with van der Waals surface area (Å²) in [4.78, 5) is 11.2. The first-order valence-corrected chi connectivity index (χ1v) is 18.4. The summed E-state index contributed by atoms with van der Waals surface area (Å²) in [6.07, 6.45) is 13.1. The van der Waals surface area contributed by atoms with E-state index in [1.165, 1.54) is 11.1 Å². The predicted octanol–water partition coefficient (Wildman–Crippen LogP) is 6.41. The Kier molecular flexibility index (Phi) is 17.5. The van der Waals surface area contributed by atoms with E-state index in [0.29, 0.717) is 25.7 Å². The van der Waals surface area contributed by atoms with Gasteiger partial charge in [0.1, 0.15) is 5.75 Å². The number of unbranched alkanes of at least 4 members (excludes halogenated alkanes) is 4. The number of carboxylic acids is 1. The molecule has 5 atom stereocenters. The van der Waals surface area contributed by atoms with E-state index in [0.717, 1.165) is 74.5 Å². The molecule has 0 saturated carbocycles. The van der Waals surface area contributed by atoms with Crippen molar-refractivity contribution in [3.8, 4) is 5.75 Å². The fourth-order valence-corrected chi connectivity index (χ4v) is 7.07. The van der Waals surface area contributed by atoms with Crippen LogP contribution >= 0.6 is 0 Å². The van der Waals surface area contributed by atoms with E-state index in [1.807, 2.05) is 24.3 Å². The predicted molar refractivity (Wildman–Crippen MR) is 196 cm³/mol. The van der Waals surface area contributed by atoms with Crippen molar-refractivity contribution in [1.29, 1.82) is 0 Å². The van der Waals surface area contributed by atoms with E-state index in [9.17, 15) is 35.4 Å². The molecular weight excluding hydrogens is 618 g/mol. The summed E-state index contributed by atoms with van der Waals surface area (Å²) in [6, 6.07) is 15.1. The molecule has 2 aromatic carbocycles. The molecule has 0 spiro atoms. The zero-order valence-electron chi connectivity index (χ0n) is 29.7. The molecule has 0 amide bonds. The maximum atomic E-state index is 11.6. The van der Waals surface area contributed by atoms with Crippen LogP contribution in [0.4, 0.5) is 0 Å². The Balaban J connectivity index is 2.06. The van der Waals surface area contributed by atoms with Crippen molar-refractivity contribution in [3.05, 3.63) is 88.5 Å². The minimum atomic E-state index is -1.13. The topological polar surface area (TPSA) is 150 Å². The van der Waals surface area contributed by atoms with Gasteiger partial charge in [-0.3, -0.25) is 4.79 Å². The number of allylic oxidation sites excluding steroid dienone is 2. The van der Waals surface area contributed by atoms with Gasteiger partial charge in [0.2, 0.25) is 0 Å². The molecule has 7 N–H and O–H groups in total. The van der Waals surface area contributed by atoms with Gasteiger partial charge in [-0.25, -0.2) is 0 Å². The van der Waals surface area contributed by atoms with Crippen LogP contribution in [0.15, 0.2) is 71.8 Å². The first kappa shape index (κ1) is 40.4. The summed E-state index contributed by atoms with van der Waals surface area (Å²) in [5.41, 5.74) is 4.35. The maximum Gasteiger partial charge on any atom is 0.303 e. The number of aliphatic hydroxyl groups excluding tert-OH is 3. The molecule has 0 unspecified atom stereocenters. The number of hydrogen-bond acceptors (Lipinski definition) is 7. The molecule has 0 aliphatic heterocycles. The van der Waals surface area contributed by atoms with Crippen LogP contribution in [0, 0.1) is 5.92 Å². The van der Waals surface area contributed by atoms with Crippen molar-refractivity contribution in [1.82, 2.24) is 5.32 Å². The SMILES string of the molecule is CCCCC[C@H](O)/C=C/C1=C(\C[C@H](O)CO)[C@H](NC[C@@](C)(O)Cc2ccc(O)cc2)[C@@H](CCCCCC(=O)O)CCc2ccccc2CC1. The van der Waals surface area contributed by atoms with Crippen molar-refractivity contribution in [2.24, 2.45) is 5.92 Å². The van der Waals surface area contributed by atoms with E-state index >= 15 is 0 Å². The molecule has 0 bridgehead atoms. The normalized spacial score (nSPS) is 21.2. The number of fused-ring (bicyclic) bond motifs is 1. The monoisotopic (exact) mass is 679 g/mol. The number of phenols is 1. The van der Waals surface area contributed by atoms with Crippen LogP contribution in [0.25, 0.3) is 0 Å². The second kappa shape index (κ2) is 21.3. The van der Waals surface area contributed by atoms with E-state index in [2.05, 4.69) is 36.5 Å². The third kappa shape index (κ3) is 14.8. The number of benzene rings is 2. The Morgan fingerprint density at radius 2 is 1.69 bits per heavy atom. The van der Waals surface area contributed by atoms with E-state index in [1.54, 1.807) is 19.1 Å². The molecule has 0 saturated heterocycles. The number of carboxylic acid groups (broad SMARTS) is 1. The summed E-state index contributed by atoms with van der Waals surface area (Å²) in [5, 5.41) is 66.2. The highest BCUT2D eigenvalue weighted by molar-refractivity contribution is 5.66. The minimum absolute atomic E-state index is 0.0965. The summed E-state index contributed by atoms with van der Waals surface area (Å²) >= 11 is 0. The van der Waals surface area contributed by atoms with Gasteiger partial charge >= 0.3 is 5.97 Å². The van der Waals surface area contributed by atoms with E-state index in [-0.39, 0.29) is 43.7 Å². The van der Waals surface area contributed by atoms with Crippen LogP contribution in [-0.2, 0) is 24.1 Å². The third-order valence-electron chi connectivity index (χ3n) is 9.80. The lowest BCUT2D eigenvalue weighted by atomic mass is 9.77. The molecule has 1 aliphatic carbocycles. The highest BCUT2D eigenvalue weighted by Gasteiger charge is 2.31. The standard InChI is InChI=1S/C41H61NO7/c1-3-4-6-14-35(44)25-22-33-20-18-31-11-9-10-12-32(31)19-21-34(13-7-5-8-15-39(47)48)40(38(33)26-37(46)28-43)42-29-41(2,49)27-30-16-23-36(45)24-17-30/h9-12,16-17,22-25,34-35,37,40,42-46,49H,3-8,13-15,18-21,26-29H2,1-2H3,(H,47,48)/b25-22+,38-33+/t34-,35-,37-,40+,41-/m0/s1. The summed E-state index contributed by atoms with van der Waals surface area (Å²) in [5.74, 6) is -0.523. The molecule has 0 radical (unpaired) electrons. The Morgan fingerprint density at radius 3 is 2.37 bits per heavy atom. The number of phenolic OH excluding ortho intramolecular Hbond substituents is 1. The smallest absolute Gasteiger partial charge is 0.303 e. The van der Waals surface area contributed by atoms with Gasteiger partial charge in [0, 0.05) is 25.4 Å². The second-order valence-electron chi connectivity index (χ2n) is 14.3. The van der Waals surface area contributed by atoms with Gasteiger partial charge in [0.15, 0.2) is 0 Å². The lowest BCUT2D eigenvalue weighted by Gasteiger charge is -2.36. The van der Waals surface area contributed by atoms with Crippen LogP contribution < -0.4 is 5.32 Å². The number of nitrogens with one attached hydrogen (secondary N) is 1. The van der Waals surface area contributed by atoms with Crippen molar-refractivity contribution in [3.63, 3.8) is 0 Å². The van der Waals surface area contributed by atoms with E-state index < -0.39 is 23.8 Å². The largest absolute Gasteiger partial charge is 0.508 e. The van der Waals surface area contributed by atoms with Gasteiger partial charge in [-0.2, -0.15) is 0 Å². The Morgan fingerprint density at radius 1 is 0.980 bits per heavy atom. The number of aliphatic carboxylic acids is 1. The van der Waals surface area contributed by atoms with Crippen molar-refractivity contribution in [2.75, 3.05) is 13.2 Å². The molecule has 49 heavy (non-hydrogen) atoms. The zero-order chi connectivity index (χ0) is 35.6. The number of aromatic hydroxyl groups is 1. The van der Waals surface area contributed by atoms with Crippen molar-refractivity contribution in [2.45, 2.75) is 134 Å². The van der Waals surface area contributed by atoms with Crippen molar-refractivity contribution < 1.29 is 35.4 Å². The van der Waals surface area contributed by atoms with Crippen LogP contribution in [-0.4, -0.2) is 73.6 Å². The van der Waals surface area contributed by atoms with E-state index in [4.69, 9.17) is 0 Å². The molecule has 0 heterocycles. The van der Waals surface area contributed by atoms with Crippen molar-refractivity contribution >= 4 is 5.97 Å². The maximum absolute atomic E-state index is 11.6. The second-order valence-corrected chi connectivity index (χ2v) is 14.3. The number of aliphatic hydroxyl groups is 4. The number of aryl methyl sites for hydroxylation is 2. The summed E-state index contributed by atoms with van der Waals surface area (Å²) in [7, 11) is 0. The molecule has 8 heteroatoms. The lowest BCUT2D eigenvalue weighted by Crippen LogP contribution is -2.48. The van der Waals surface area contributed by atoms with Crippen LogP contribution in [0.1, 0.15) is 108 Å². The number of rotatable bonds is 20. The first-order valence-electron chi connectivity index (χ1n) is 18.4. The average molecular weight is 680 g/mol. The minimum Gasteiger partial charge on any atom is -0.508 e. The first-order chi connectivity index (χ1) is 23.5. The van der Waals surface area contributed by atoms with Gasteiger partial charge < -0.3 is 36.0 Å². The molecule has 1 aliphatic rings. The molecule has 3 rings (SSSR count). The number of carbonyl (C=O) groups is 1. The molecule has 8 nitrogen and oxygen atoms in total. The summed E-state index contributed by atoms with van der Waals surface area (Å²) < 4.78 is 0. The molecule has 0 aromatic heterocycles. The highest BCUT2D eigenvalue weighted by atomic mass is 16.4. The van der Waals surface area contributed by atoms with Gasteiger partial charge in [0.05, 0.1) is 24.4 Å². The number of hydrogen-bond donors (Lipinski definition) is 7. The van der Waals surface area contributed by atoms with Crippen LogP contribution in [0.2, 0.25) is 0 Å².